The lowest BCUT2D eigenvalue weighted by molar-refractivity contribution is 0.199. The molecule has 0 atom stereocenters. The van der Waals surface area contributed by atoms with E-state index in [-0.39, 0.29) is 0 Å². The van der Waals surface area contributed by atoms with Gasteiger partial charge in [0.15, 0.2) is 0 Å². The van der Waals surface area contributed by atoms with E-state index in [1.54, 1.807) is 7.11 Å². The first-order valence-corrected chi connectivity index (χ1v) is 6.73. The van der Waals surface area contributed by atoms with Crippen LogP contribution in [0.5, 0.6) is 0 Å². The maximum absolute atomic E-state index is 6.18. The molecule has 0 spiro atoms. The summed E-state index contributed by atoms with van der Waals surface area (Å²) in [6.07, 6.45) is 2.06. The first-order valence-electron chi connectivity index (χ1n) is 6.35. The number of aromatic nitrogens is 1. The second-order valence-electron chi connectivity index (χ2n) is 4.42. The van der Waals surface area contributed by atoms with Gasteiger partial charge in [0.1, 0.15) is 0 Å². The van der Waals surface area contributed by atoms with Gasteiger partial charge in [0, 0.05) is 42.8 Å². The predicted molar refractivity (Wildman–Crippen MR) is 79.1 cm³/mol. The van der Waals surface area contributed by atoms with Crippen molar-refractivity contribution in [3.8, 4) is 5.69 Å². The summed E-state index contributed by atoms with van der Waals surface area (Å²) in [5, 5.41) is 4.15. The Hall–Kier alpha value is -1.29. The molecule has 1 heterocycles. The van der Waals surface area contributed by atoms with Crippen molar-refractivity contribution >= 4 is 11.6 Å². The third kappa shape index (κ3) is 3.38. The van der Waals surface area contributed by atoms with Crippen LogP contribution < -0.4 is 5.32 Å². The second-order valence-corrected chi connectivity index (χ2v) is 4.83. The molecule has 1 N–H and O–H groups in total. The van der Waals surface area contributed by atoms with Crippen LogP contribution in [0.4, 0.5) is 0 Å². The monoisotopic (exact) mass is 278 g/mol. The van der Waals surface area contributed by atoms with Crippen LogP contribution >= 0.6 is 11.6 Å². The van der Waals surface area contributed by atoms with Crippen LogP contribution in [0.25, 0.3) is 5.69 Å². The van der Waals surface area contributed by atoms with Gasteiger partial charge in [-0.3, -0.25) is 0 Å². The minimum atomic E-state index is 0.719. The lowest BCUT2D eigenvalue weighted by atomic mass is 10.2. The molecule has 0 aliphatic rings. The third-order valence-electron chi connectivity index (χ3n) is 3.12. The Morgan fingerprint density at radius 3 is 2.89 bits per heavy atom. The molecule has 4 heteroatoms. The Labute approximate surface area is 119 Å². The molecule has 1 aromatic carbocycles. The highest BCUT2D eigenvalue weighted by molar-refractivity contribution is 6.31. The minimum absolute atomic E-state index is 0.719. The standard InChI is InChI=1S/C15H19ClN2O/c1-12-14(16)6-3-7-15(12)18-9-4-5-13(18)11-17-8-10-19-2/h3-7,9,17H,8,10-11H2,1-2H3. The molecule has 19 heavy (non-hydrogen) atoms. The van der Waals surface area contributed by atoms with Crippen molar-refractivity contribution in [1.29, 1.82) is 0 Å². The van der Waals surface area contributed by atoms with Gasteiger partial charge < -0.3 is 14.6 Å². The maximum Gasteiger partial charge on any atom is 0.0587 e. The van der Waals surface area contributed by atoms with Gasteiger partial charge >= 0.3 is 0 Å². The van der Waals surface area contributed by atoms with E-state index in [9.17, 15) is 0 Å². The fourth-order valence-electron chi connectivity index (χ4n) is 2.04. The lowest BCUT2D eigenvalue weighted by Gasteiger charge is -2.13. The molecule has 0 amide bonds. The highest BCUT2D eigenvalue weighted by Crippen LogP contribution is 2.23. The molecule has 0 radical (unpaired) electrons. The summed E-state index contributed by atoms with van der Waals surface area (Å²) >= 11 is 6.18. The molecular formula is C15H19ClN2O. The normalized spacial score (nSPS) is 10.9. The van der Waals surface area contributed by atoms with Crippen molar-refractivity contribution in [2.45, 2.75) is 13.5 Å². The average Bonchev–Trinajstić information content (AvgIpc) is 2.86. The number of hydrogen-bond donors (Lipinski definition) is 1. The van der Waals surface area contributed by atoms with Gasteiger partial charge in [-0.1, -0.05) is 17.7 Å². The van der Waals surface area contributed by atoms with Crippen LogP contribution in [0, 0.1) is 6.92 Å². The zero-order chi connectivity index (χ0) is 13.7. The van der Waals surface area contributed by atoms with Gasteiger partial charge in [-0.15, -0.1) is 0 Å². The summed E-state index contributed by atoms with van der Waals surface area (Å²) in [6.45, 7) is 4.41. The van der Waals surface area contributed by atoms with Gasteiger partial charge in [-0.2, -0.15) is 0 Å². The van der Waals surface area contributed by atoms with E-state index < -0.39 is 0 Å². The predicted octanol–water partition coefficient (Wildman–Crippen LogP) is 3.18. The molecule has 0 aliphatic carbocycles. The first-order chi connectivity index (χ1) is 9.24. The molecule has 3 nitrogen and oxygen atoms in total. The van der Waals surface area contributed by atoms with Gasteiger partial charge in [0.2, 0.25) is 0 Å². The summed E-state index contributed by atoms with van der Waals surface area (Å²) in [5.41, 5.74) is 3.43. The maximum atomic E-state index is 6.18. The van der Waals surface area contributed by atoms with Crippen LogP contribution in [-0.2, 0) is 11.3 Å². The van der Waals surface area contributed by atoms with E-state index in [0.29, 0.717) is 0 Å². The molecule has 0 saturated heterocycles. The van der Waals surface area contributed by atoms with E-state index in [1.807, 2.05) is 25.1 Å². The Bertz CT molecular complexity index is 537. The Morgan fingerprint density at radius 1 is 1.26 bits per heavy atom. The molecule has 1 aromatic heterocycles. The van der Waals surface area contributed by atoms with Crippen molar-refractivity contribution in [3.63, 3.8) is 0 Å². The number of halogens is 1. The number of methoxy groups -OCH3 is 1. The third-order valence-corrected chi connectivity index (χ3v) is 3.53. The molecule has 0 aliphatic heterocycles. The van der Waals surface area contributed by atoms with Crippen LogP contribution in [0.2, 0.25) is 5.02 Å². The second kappa shape index (κ2) is 6.75. The van der Waals surface area contributed by atoms with E-state index in [0.717, 1.165) is 36.0 Å². The molecular weight excluding hydrogens is 260 g/mol. The van der Waals surface area contributed by atoms with Crippen molar-refractivity contribution in [1.82, 2.24) is 9.88 Å². The molecule has 2 aromatic rings. The fraction of sp³-hybridized carbons (Fsp3) is 0.333. The number of benzene rings is 1. The molecule has 0 bridgehead atoms. The van der Waals surface area contributed by atoms with Crippen molar-refractivity contribution < 1.29 is 4.74 Å². The number of rotatable bonds is 6. The Kier molecular flexibility index (Phi) is 5.02. The number of ether oxygens (including phenoxy) is 1. The Balaban J connectivity index is 2.17. The number of hydrogen-bond acceptors (Lipinski definition) is 2. The molecule has 0 saturated carbocycles. The summed E-state index contributed by atoms with van der Waals surface area (Å²) < 4.78 is 7.19. The number of nitrogens with zero attached hydrogens (tertiary/aromatic N) is 1. The van der Waals surface area contributed by atoms with E-state index in [1.165, 1.54) is 5.69 Å². The molecule has 2 rings (SSSR count). The van der Waals surface area contributed by atoms with Crippen LogP contribution in [0.15, 0.2) is 36.5 Å². The van der Waals surface area contributed by atoms with Crippen LogP contribution in [0.1, 0.15) is 11.3 Å². The summed E-state index contributed by atoms with van der Waals surface area (Å²) in [7, 11) is 1.71. The Morgan fingerprint density at radius 2 is 2.11 bits per heavy atom. The summed E-state index contributed by atoms with van der Waals surface area (Å²) in [4.78, 5) is 0. The quantitative estimate of drug-likeness (QED) is 0.822. The molecule has 0 unspecified atom stereocenters. The van der Waals surface area contributed by atoms with Crippen molar-refractivity contribution in [3.05, 3.63) is 52.8 Å². The lowest BCUT2D eigenvalue weighted by Crippen LogP contribution is -2.20. The summed E-state index contributed by atoms with van der Waals surface area (Å²) in [5.74, 6) is 0. The van der Waals surface area contributed by atoms with Crippen LogP contribution in [0.3, 0.4) is 0 Å². The van der Waals surface area contributed by atoms with Crippen molar-refractivity contribution in [2.24, 2.45) is 0 Å². The van der Waals surface area contributed by atoms with Gasteiger partial charge in [0.25, 0.3) is 0 Å². The van der Waals surface area contributed by atoms with Gasteiger partial charge in [-0.05, 0) is 36.8 Å². The zero-order valence-electron chi connectivity index (χ0n) is 11.3. The average molecular weight is 279 g/mol. The van der Waals surface area contributed by atoms with Crippen LogP contribution in [-0.4, -0.2) is 24.8 Å². The molecule has 102 valence electrons. The highest BCUT2D eigenvalue weighted by atomic mass is 35.5. The minimum Gasteiger partial charge on any atom is -0.383 e. The van der Waals surface area contributed by atoms with Gasteiger partial charge in [-0.25, -0.2) is 0 Å². The number of nitrogens with one attached hydrogen (secondary N) is 1. The zero-order valence-corrected chi connectivity index (χ0v) is 12.1. The highest BCUT2D eigenvalue weighted by Gasteiger charge is 2.07. The SMILES string of the molecule is COCCNCc1cccn1-c1cccc(Cl)c1C. The first kappa shape index (κ1) is 14.1. The fourth-order valence-corrected chi connectivity index (χ4v) is 2.21. The van der Waals surface area contributed by atoms with E-state index in [4.69, 9.17) is 16.3 Å². The smallest absolute Gasteiger partial charge is 0.0587 e. The van der Waals surface area contributed by atoms with E-state index >= 15 is 0 Å². The molecule has 0 fully saturated rings. The largest absolute Gasteiger partial charge is 0.383 e. The topological polar surface area (TPSA) is 26.2 Å². The van der Waals surface area contributed by atoms with Crippen molar-refractivity contribution in [2.75, 3.05) is 20.3 Å². The van der Waals surface area contributed by atoms with Gasteiger partial charge in [0.05, 0.1) is 6.61 Å². The summed E-state index contributed by atoms with van der Waals surface area (Å²) in [6, 6.07) is 10.1. The van der Waals surface area contributed by atoms with E-state index in [2.05, 4.69) is 28.2 Å².